The number of halogens is 2. The van der Waals surface area contributed by atoms with Gasteiger partial charge in [0, 0.05) is 18.7 Å². The SMILES string of the molecule is Cc1cccc(C(=O)N2CCN(S(=O)(=O)c3ccc(Br)s3)C2C(=O)NC(CC(=O)O)c2ccc(F)cc2)c1. The van der Waals surface area contributed by atoms with Gasteiger partial charge in [-0.15, -0.1) is 11.3 Å². The molecule has 0 spiro atoms. The van der Waals surface area contributed by atoms with Gasteiger partial charge in [-0.2, -0.15) is 4.31 Å². The Labute approximate surface area is 231 Å². The van der Waals surface area contributed by atoms with Crippen molar-refractivity contribution in [1.82, 2.24) is 14.5 Å². The number of carbonyl (C=O) groups is 3. The van der Waals surface area contributed by atoms with Gasteiger partial charge in [0.05, 0.1) is 16.2 Å². The highest BCUT2D eigenvalue weighted by Crippen LogP contribution is 2.32. The Hall–Kier alpha value is -3.13. The largest absolute Gasteiger partial charge is 0.481 e. The molecule has 2 unspecified atom stereocenters. The normalized spacial score (nSPS) is 16.8. The van der Waals surface area contributed by atoms with Crippen LogP contribution in [0.3, 0.4) is 0 Å². The molecule has 2 heterocycles. The third-order valence-corrected chi connectivity index (χ3v) is 9.91. The zero-order valence-electron chi connectivity index (χ0n) is 20.0. The molecule has 2 aromatic carbocycles. The van der Waals surface area contributed by atoms with E-state index in [0.29, 0.717) is 9.35 Å². The molecule has 2 amide bonds. The smallest absolute Gasteiger partial charge is 0.305 e. The van der Waals surface area contributed by atoms with Crippen LogP contribution < -0.4 is 5.32 Å². The summed E-state index contributed by atoms with van der Waals surface area (Å²) < 4.78 is 42.1. The van der Waals surface area contributed by atoms with E-state index in [9.17, 15) is 32.3 Å². The highest BCUT2D eigenvalue weighted by atomic mass is 79.9. The van der Waals surface area contributed by atoms with Crippen LogP contribution in [0.25, 0.3) is 0 Å². The van der Waals surface area contributed by atoms with Gasteiger partial charge >= 0.3 is 5.97 Å². The number of hydrogen-bond acceptors (Lipinski definition) is 6. The van der Waals surface area contributed by atoms with Gasteiger partial charge in [0.15, 0.2) is 6.17 Å². The number of nitrogens with one attached hydrogen (secondary N) is 1. The van der Waals surface area contributed by atoms with E-state index in [0.717, 1.165) is 38.2 Å². The van der Waals surface area contributed by atoms with Crippen LogP contribution >= 0.6 is 27.3 Å². The molecule has 9 nitrogen and oxygen atoms in total. The summed E-state index contributed by atoms with van der Waals surface area (Å²) in [6.45, 7) is 1.60. The van der Waals surface area contributed by atoms with Crippen molar-refractivity contribution in [2.24, 2.45) is 0 Å². The summed E-state index contributed by atoms with van der Waals surface area (Å²) in [5.74, 6) is -3.19. The molecule has 0 radical (unpaired) electrons. The summed E-state index contributed by atoms with van der Waals surface area (Å²) >= 11 is 4.21. The number of carboxylic acid groups (broad SMARTS) is 1. The molecule has 1 saturated heterocycles. The van der Waals surface area contributed by atoms with E-state index >= 15 is 0 Å². The summed E-state index contributed by atoms with van der Waals surface area (Å²) in [6, 6.07) is 13.5. The molecular weight excluding hydrogens is 601 g/mol. The lowest BCUT2D eigenvalue weighted by molar-refractivity contribution is -0.138. The molecule has 1 fully saturated rings. The Kier molecular flexibility index (Phi) is 8.31. The topological polar surface area (TPSA) is 124 Å². The maximum absolute atomic E-state index is 13.7. The third kappa shape index (κ3) is 5.96. The second kappa shape index (κ2) is 11.3. The van der Waals surface area contributed by atoms with E-state index in [1.54, 1.807) is 37.3 Å². The lowest BCUT2D eigenvalue weighted by Gasteiger charge is -2.30. The molecular formula is C25H23BrFN3O6S2. The van der Waals surface area contributed by atoms with Crippen LogP contribution in [-0.2, 0) is 19.6 Å². The van der Waals surface area contributed by atoms with Gasteiger partial charge in [-0.1, -0.05) is 29.8 Å². The number of rotatable bonds is 8. The zero-order valence-corrected chi connectivity index (χ0v) is 23.2. The Balaban J connectivity index is 1.72. The van der Waals surface area contributed by atoms with E-state index in [1.807, 2.05) is 0 Å². The molecule has 1 aliphatic rings. The van der Waals surface area contributed by atoms with Crippen molar-refractivity contribution in [3.63, 3.8) is 0 Å². The van der Waals surface area contributed by atoms with Crippen molar-refractivity contribution in [1.29, 1.82) is 0 Å². The Morgan fingerprint density at radius 3 is 2.45 bits per heavy atom. The standard InChI is InChI=1S/C25H23BrFN3O6S2/c1-15-3-2-4-17(13-15)25(34)29-11-12-30(38(35,36)22-10-9-20(26)37-22)24(29)23(33)28-19(14-21(31)32)16-5-7-18(27)8-6-16/h2-10,13,19,24H,11-12,14H2,1H3,(H,28,33)(H,31,32). The molecule has 1 aliphatic heterocycles. The van der Waals surface area contributed by atoms with Gasteiger partial charge in [-0.05, 0) is 64.8 Å². The monoisotopic (exact) mass is 623 g/mol. The van der Waals surface area contributed by atoms with Crippen LogP contribution in [0.2, 0.25) is 0 Å². The van der Waals surface area contributed by atoms with Crippen molar-refractivity contribution in [3.05, 3.63) is 87.0 Å². The number of amides is 2. The van der Waals surface area contributed by atoms with E-state index < -0.39 is 52.3 Å². The van der Waals surface area contributed by atoms with Crippen LogP contribution in [0.4, 0.5) is 4.39 Å². The summed E-state index contributed by atoms with van der Waals surface area (Å²) in [6.07, 6.45) is -2.12. The van der Waals surface area contributed by atoms with Crippen molar-refractivity contribution < 1.29 is 32.3 Å². The lowest BCUT2D eigenvalue weighted by Crippen LogP contribution is -2.54. The van der Waals surface area contributed by atoms with E-state index in [2.05, 4.69) is 21.2 Å². The summed E-state index contributed by atoms with van der Waals surface area (Å²) in [5, 5.41) is 12.0. The first-order valence-electron chi connectivity index (χ1n) is 11.4. The maximum atomic E-state index is 13.7. The molecule has 1 aromatic heterocycles. The molecule has 3 aromatic rings. The predicted octanol–water partition coefficient (Wildman–Crippen LogP) is 3.76. The van der Waals surface area contributed by atoms with Crippen LogP contribution in [0.15, 0.2) is 68.7 Å². The average molecular weight is 625 g/mol. The van der Waals surface area contributed by atoms with E-state index in [4.69, 9.17) is 0 Å². The Bertz CT molecular complexity index is 1480. The molecule has 0 saturated carbocycles. The Morgan fingerprint density at radius 2 is 1.84 bits per heavy atom. The minimum atomic E-state index is -4.20. The fourth-order valence-corrected chi connectivity index (χ4v) is 7.89. The van der Waals surface area contributed by atoms with Crippen molar-refractivity contribution in [3.8, 4) is 0 Å². The number of hydrogen-bond donors (Lipinski definition) is 2. The number of aliphatic carboxylic acids is 1. The van der Waals surface area contributed by atoms with E-state index in [-0.39, 0.29) is 22.9 Å². The van der Waals surface area contributed by atoms with Gasteiger partial charge in [-0.3, -0.25) is 14.4 Å². The fourth-order valence-electron chi connectivity index (χ4n) is 4.21. The maximum Gasteiger partial charge on any atom is 0.305 e. The van der Waals surface area contributed by atoms with Gasteiger partial charge in [0.1, 0.15) is 10.0 Å². The number of carboxylic acids is 1. The highest BCUT2D eigenvalue weighted by Gasteiger charge is 2.47. The van der Waals surface area contributed by atoms with Crippen LogP contribution in [0, 0.1) is 12.7 Å². The number of sulfonamides is 1. The number of aryl methyl sites for hydroxylation is 1. The number of carbonyl (C=O) groups excluding carboxylic acids is 2. The molecule has 200 valence electrons. The minimum Gasteiger partial charge on any atom is -0.481 e. The first-order chi connectivity index (χ1) is 18.0. The van der Waals surface area contributed by atoms with Gasteiger partial charge in [0.25, 0.3) is 21.8 Å². The van der Waals surface area contributed by atoms with Crippen molar-refractivity contribution >= 4 is 55.1 Å². The first kappa shape index (κ1) is 27.9. The van der Waals surface area contributed by atoms with Crippen molar-refractivity contribution in [2.45, 2.75) is 29.8 Å². The summed E-state index contributed by atoms with van der Waals surface area (Å²) in [4.78, 5) is 39.9. The highest BCUT2D eigenvalue weighted by molar-refractivity contribution is 9.11. The quantitative estimate of drug-likeness (QED) is 0.394. The molecule has 0 aliphatic carbocycles. The minimum absolute atomic E-state index is 0.0207. The molecule has 2 atom stereocenters. The molecule has 0 bridgehead atoms. The molecule has 2 N–H and O–H groups in total. The van der Waals surface area contributed by atoms with Gasteiger partial charge < -0.3 is 15.3 Å². The zero-order chi connectivity index (χ0) is 27.6. The van der Waals surface area contributed by atoms with Crippen LogP contribution in [-0.4, -0.2) is 59.8 Å². The van der Waals surface area contributed by atoms with Crippen LogP contribution in [0.5, 0.6) is 0 Å². The number of nitrogens with zero attached hydrogens (tertiary/aromatic N) is 2. The fraction of sp³-hybridized carbons (Fsp3) is 0.240. The second-order valence-electron chi connectivity index (χ2n) is 8.63. The average Bonchev–Trinajstić information content (AvgIpc) is 3.51. The predicted molar refractivity (Wildman–Crippen MR) is 141 cm³/mol. The summed E-state index contributed by atoms with van der Waals surface area (Å²) in [5.41, 5.74) is 1.40. The number of thiophene rings is 1. The Morgan fingerprint density at radius 1 is 1.13 bits per heavy atom. The van der Waals surface area contributed by atoms with Gasteiger partial charge in [0.2, 0.25) is 0 Å². The first-order valence-corrected chi connectivity index (χ1v) is 14.4. The molecule has 4 rings (SSSR count). The molecule has 13 heteroatoms. The molecule has 38 heavy (non-hydrogen) atoms. The van der Waals surface area contributed by atoms with E-state index in [1.165, 1.54) is 18.2 Å². The second-order valence-corrected chi connectivity index (χ2v) is 13.2. The van der Waals surface area contributed by atoms with Crippen molar-refractivity contribution in [2.75, 3.05) is 13.1 Å². The third-order valence-electron chi connectivity index (χ3n) is 5.97. The summed E-state index contributed by atoms with van der Waals surface area (Å²) in [7, 11) is -4.20. The van der Waals surface area contributed by atoms with Gasteiger partial charge in [-0.25, -0.2) is 12.8 Å². The van der Waals surface area contributed by atoms with Crippen LogP contribution in [0.1, 0.15) is 33.9 Å². The lowest BCUT2D eigenvalue weighted by atomic mass is 10.0. The number of benzene rings is 2.